The first-order valence-electron chi connectivity index (χ1n) is 4.57. The van der Waals surface area contributed by atoms with E-state index in [-0.39, 0.29) is 0 Å². The lowest BCUT2D eigenvalue weighted by molar-refractivity contribution is 0.319. The van der Waals surface area contributed by atoms with E-state index in [1.54, 1.807) is 6.92 Å². The van der Waals surface area contributed by atoms with Crippen LogP contribution in [0.3, 0.4) is 0 Å². The van der Waals surface area contributed by atoms with E-state index in [2.05, 4.69) is 24.2 Å². The first-order valence-corrected chi connectivity index (χ1v) is 4.57. The molecule has 1 aromatic rings. The highest BCUT2D eigenvalue weighted by atomic mass is 16.4. The zero-order valence-electron chi connectivity index (χ0n) is 8.78. The molecule has 0 amide bonds. The molecule has 0 heterocycles. The largest absolute Gasteiger partial charge is 0.411 e. The molecule has 2 heteroatoms. The topological polar surface area (TPSA) is 32.6 Å². The van der Waals surface area contributed by atoms with Gasteiger partial charge in [-0.05, 0) is 31.9 Å². The van der Waals surface area contributed by atoms with E-state index in [1.165, 1.54) is 5.56 Å². The smallest absolute Gasteiger partial charge is 0.0794 e. The van der Waals surface area contributed by atoms with Gasteiger partial charge in [0.15, 0.2) is 0 Å². The van der Waals surface area contributed by atoms with Gasteiger partial charge in [-0.15, -0.1) is 0 Å². The van der Waals surface area contributed by atoms with Crippen LogP contribution in [0.5, 0.6) is 0 Å². The van der Waals surface area contributed by atoms with E-state index in [4.69, 9.17) is 5.21 Å². The molecular weight excluding hydrogens is 174 g/mol. The molecule has 0 atom stereocenters. The van der Waals surface area contributed by atoms with Crippen molar-refractivity contribution in [3.8, 4) is 0 Å². The second-order valence-corrected chi connectivity index (χ2v) is 3.43. The number of rotatable bonds is 2. The van der Waals surface area contributed by atoms with Gasteiger partial charge >= 0.3 is 0 Å². The summed E-state index contributed by atoms with van der Waals surface area (Å²) in [5.41, 5.74) is 3.97. The average molecular weight is 189 g/mol. The van der Waals surface area contributed by atoms with Crippen LogP contribution in [0.4, 0.5) is 0 Å². The predicted molar refractivity (Wildman–Crippen MR) is 59.7 cm³/mol. The van der Waals surface area contributed by atoms with E-state index in [1.807, 2.05) is 25.1 Å². The maximum atomic E-state index is 8.58. The zero-order valence-corrected chi connectivity index (χ0v) is 8.78. The molecule has 74 valence electrons. The Morgan fingerprint density at radius 2 is 2.07 bits per heavy atom. The quantitative estimate of drug-likeness (QED) is 0.432. The molecule has 0 unspecified atom stereocenters. The van der Waals surface area contributed by atoms with Gasteiger partial charge in [0.1, 0.15) is 0 Å². The van der Waals surface area contributed by atoms with Crippen LogP contribution in [0, 0.1) is 6.92 Å². The van der Waals surface area contributed by atoms with Crippen LogP contribution in [0.2, 0.25) is 0 Å². The van der Waals surface area contributed by atoms with Gasteiger partial charge in [0, 0.05) is 0 Å². The van der Waals surface area contributed by atoms with Crippen molar-refractivity contribution in [2.24, 2.45) is 5.16 Å². The third-order valence-electron chi connectivity index (χ3n) is 2.15. The lowest BCUT2D eigenvalue weighted by Crippen LogP contribution is -1.92. The Morgan fingerprint density at radius 1 is 1.36 bits per heavy atom. The highest BCUT2D eigenvalue weighted by Crippen LogP contribution is 2.09. The molecule has 0 spiro atoms. The monoisotopic (exact) mass is 189 g/mol. The zero-order chi connectivity index (χ0) is 10.6. The van der Waals surface area contributed by atoms with Gasteiger partial charge in [-0.3, -0.25) is 0 Å². The lowest BCUT2D eigenvalue weighted by Gasteiger charge is -1.99. The second kappa shape index (κ2) is 4.61. The molecule has 0 radical (unpaired) electrons. The number of hydrogen-bond acceptors (Lipinski definition) is 2. The van der Waals surface area contributed by atoms with Crippen LogP contribution in [0.1, 0.15) is 25.0 Å². The molecule has 0 saturated heterocycles. The van der Waals surface area contributed by atoms with Crippen LogP contribution in [-0.4, -0.2) is 10.9 Å². The van der Waals surface area contributed by atoms with Crippen LogP contribution >= 0.6 is 0 Å². The van der Waals surface area contributed by atoms with E-state index >= 15 is 0 Å². The molecule has 1 N–H and O–H groups in total. The summed E-state index contributed by atoms with van der Waals surface area (Å²) in [5.74, 6) is 0. The highest BCUT2D eigenvalue weighted by molar-refractivity contribution is 6.01. The Kier molecular flexibility index (Phi) is 3.46. The minimum Gasteiger partial charge on any atom is -0.411 e. The summed E-state index contributed by atoms with van der Waals surface area (Å²) in [7, 11) is 0. The van der Waals surface area contributed by atoms with Gasteiger partial charge in [0.2, 0.25) is 0 Å². The summed E-state index contributed by atoms with van der Waals surface area (Å²) in [6.45, 7) is 5.76. The van der Waals surface area contributed by atoms with Crippen molar-refractivity contribution in [3.63, 3.8) is 0 Å². The molecule has 0 aliphatic carbocycles. The minimum atomic E-state index is 0.645. The SMILES string of the molecule is CC(=C\c1cccc(C)c1)/C(C)=N/O. The second-order valence-electron chi connectivity index (χ2n) is 3.43. The third kappa shape index (κ3) is 2.73. The van der Waals surface area contributed by atoms with Gasteiger partial charge in [-0.1, -0.05) is 41.1 Å². The molecule has 0 aromatic heterocycles. The Labute approximate surface area is 84.6 Å². The molecule has 0 bridgehead atoms. The fraction of sp³-hybridized carbons (Fsp3) is 0.250. The number of benzene rings is 1. The summed E-state index contributed by atoms with van der Waals surface area (Å²) in [6, 6.07) is 8.19. The van der Waals surface area contributed by atoms with Crippen LogP contribution < -0.4 is 0 Å². The number of nitrogens with zero attached hydrogens (tertiary/aromatic N) is 1. The Morgan fingerprint density at radius 3 is 2.64 bits per heavy atom. The molecule has 0 aliphatic heterocycles. The van der Waals surface area contributed by atoms with Gasteiger partial charge in [-0.25, -0.2) is 0 Å². The third-order valence-corrected chi connectivity index (χ3v) is 2.15. The van der Waals surface area contributed by atoms with Crippen molar-refractivity contribution < 1.29 is 5.21 Å². The van der Waals surface area contributed by atoms with Crippen LogP contribution in [0.15, 0.2) is 35.0 Å². The van der Waals surface area contributed by atoms with Crippen LogP contribution in [0.25, 0.3) is 6.08 Å². The number of allylic oxidation sites excluding steroid dienone is 1. The summed E-state index contributed by atoms with van der Waals surface area (Å²) in [4.78, 5) is 0. The van der Waals surface area contributed by atoms with Crippen LogP contribution in [-0.2, 0) is 0 Å². The summed E-state index contributed by atoms with van der Waals surface area (Å²) < 4.78 is 0. The summed E-state index contributed by atoms with van der Waals surface area (Å²) in [6.07, 6.45) is 2.00. The van der Waals surface area contributed by atoms with E-state index in [9.17, 15) is 0 Å². The van der Waals surface area contributed by atoms with Gasteiger partial charge in [0.25, 0.3) is 0 Å². The van der Waals surface area contributed by atoms with E-state index < -0.39 is 0 Å². The van der Waals surface area contributed by atoms with Gasteiger partial charge in [-0.2, -0.15) is 0 Å². The van der Waals surface area contributed by atoms with Crippen molar-refractivity contribution in [2.45, 2.75) is 20.8 Å². The Hall–Kier alpha value is -1.57. The molecule has 1 rings (SSSR count). The van der Waals surface area contributed by atoms with Crippen molar-refractivity contribution in [2.75, 3.05) is 0 Å². The van der Waals surface area contributed by atoms with Gasteiger partial charge < -0.3 is 5.21 Å². The van der Waals surface area contributed by atoms with Crippen molar-refractivity contribution in [1.29, 1.82) is 0 Å². The fourth-order valence-corrected chi connectivity index (χ4v) is 1.19. The highest BCUT2D eigenvalue weighted by Gasteiger charge is 1.95. The molecule has 0 aliphatic rings. The molecule has 2 nitrogen and oxygen atoms in total. The van der Waals surface area contributed by atoms with E-state index in [0.29, 0.717) is 5.71 Å². The van der Waals surface area contributed by atoms with Crippen molar-refractivity contribution in [3.05, 3.63) is 41.0 Å². The standard InChI is InChI=1S/C12H15NO/c1-9-5-4-6-12(7-9)8-10(2)11(3)13-14/h4-8,14H,1-3H3/b10-8+,13-11+. The fourth-order valence-electron chi connectivity index (χ4n) is 1.19. The number of aryl methyl sites for hydroxylation is 1. The number of oxime groups is 1. The Balaban J connectivity index is 2.97. The van der Waals surface area contributed by atoms with E-state index in [0.717, 1.165) is 11.1 Å². The maximum absolute atomic E-state index is 8.58. The molecular formula is C12H15NO. The predicted octanol–water partition coefficient (Wildman–Crippen LogP) is 3.25. The number of hydrogen-bond donors (Lipinski definition) is 1. The first kappa shape index (κ1) is 10.5. The molecule has 1 aromatic carbocycles. The maximum Gasteiger partial charge on any atom is 0.0794 e. The normalized spacial score (nSPS) is 13.1. The molecule has 14 heavy (non-hydrogen) atoms. The first-order chi connectivity index (χ1) is 6.63. The average Bonchev–Trinajstić information content (AvgIpc) is 2.16. The summed E-state index contributed by atoms with van der Waals surface area (Å²) >= 11 is 0. The van der Waals surface area contributed by atoms with Gasteiger partial charge in [0.05, 0.1) is 5.71 Å². The lowest BCUT2D eigenvalue weighted by atomic mass is 10.1. The molecule has 0 fully saturated rings. The summed E-state index contributed by atoms with van der Waals surface area (Å²) in [5, 5.41) is 11.7. The molecule has 0 saturated carbocycles. The van der Waals surface area contributed by atoms with Crippen molar-refractivity contribution in [1.82, 2.24) is 0 Å². The van der Waals surface area contributed by atoms with Crippen molar-refractivity contribution >= 4 is 11.8 Å². The minimum absolute atomic E-state index is 0.645. The Bertz CT molecular complexity index is 378.